The number of hydrogen-bond acceptors (Lipinski definition) is 3. The normalized spacial score (nSPS) is 16.7. The second-order valence-electron chi connectivity index (χ2n) is 9.64. The molecule has 3 aromatic carbocycles. The standard InChI is InChI=1S/C32H26Cl2N4OS/c1-20-19-25(21(2)37(20)28-13-8-11-26(33)29(28)34)31-30(27-12-6-7-18-35-27)36-32(40)38(31)22-14-16-24(17-15-22)39-23-9-4-3-5-10-23/h3-19,30-31H,1-2H3,(H,36,40)/t30-,31-/m1/s1. The largest absolute Gasteiger partial charge is 0.457 e. The zero-order chi connectivity index (χ0) is 27.8. The van der Waals surface area contributed by atoms with Crippen LogP contribution in [0.25, 0.3) is 5.69 Å². The van der Waals surface area contributed by atoms with Crippen LogP contribution in [0.4, 0.5) is 5.69 Å². The molecule has 2 aromatic heterocycles. The number of para-hydroxylation sites is 1. The molecular weight excluding hydrogens is 559 g/mol. The Balaban J connectivity index is 1.44. The predicted octanol–water partition coefficient (Wildman–Crippen LogP) is 8.77. The van der Waals surface area contributed by atoms with Gasteiger partial charge in [0.2, 0.25) is 0 Å². The van der Waals surface area contributed by atoms with Gasteiger partial charge in [-0.3, -0.25) is 4.98 Å². The van der Waals surface area contributed by atoms with Crippen molar-refractivity contribution < 1.29 is 4.74 Å². The highest BCUT2D eigenvalue weighted by Gasteiger charge is 2.42. The molecule has 1 aliphatic heterocycles. The lowest BCUT2D eigenvalue weighted by molar-refractivity contribution is 0.482. The van der Waals surface area contributed by atoms with Crippen LogP contribution in [0.2, 0.25) is 10.0 Å². The average Bonchev–Trinajstić information content (AvgIpc) is 3.46. The van der Waals surface area contributed by atoms with Gasteiger partial charge in [-0.05, 0) is 98.4 Å². The summed E-state index contributed by atoms with van der Waals surface area (Å²) in [7, 11) is 0. The summed E-state index contributed by atoms with van der Waals surface area (Å²) in [5.74, 6) is 1.54. The van der Waals surface area contributed by atoms with Crippen molar-refractivity contribution in [3.63, 3.8) is 0 Å². The van der Waals surface area contributed by atoms with E-state index in [2.05, 4.69) is 39.7 Å². The van der Waals surface area contributed by atoms with Crippen molar-refractivity contribution in [1.29, 1.82) is 0 Å². The Bertz CT molecular complexity index is 1670. The summed E-state index contributed by atoms with van der Waals surface area (Å²) in [5, 5.41) is 5.21. The van der Waals surface area contributed by atoms with E-state index in [0.29, 0.717) is 15.2 Å². The number of ether oxygens (including phenoxy) is 1. The van der Waals surface area contributed by atoms with E-state index in [4.69, 9.17) is 40.2 Å². The minimum Gasteiger partial charge on any atom is -0.457 e. The Morgan fingerprint density at radius 3 is 2.30 bits per heavy atom. The molecule has 0 spiro atoms. The van der Waals surface area contributed by atoms with Gasteiger partial charge in [-0.25, -0.2) is 0 Å². The van der Waals surface area contributed by atoms with E-state index in [1.165, 1.54) is 0 Å². The number of nitrogens with zero attached hydrogens (tertiary/aromatic N) is 3. The van der Waals surface area contributed by atoms with Crippen LogP contribution >= 0.6 is 35.4 Å². The van der Waals surface area contributed by atoms with Gasteiger partial charge in [0.25, 0.3) is 0 Å². The first kappa shape index (κ1) is 26.4. The Morgan fingerprint density at radius 2 is 1.57 bits per heavy atom. The van der Waals surface area contributed by atoms with Gasteiger partial charge in [0.15, 0.2) is 5.11 Å². The van der Waals surface area contributed by atoms with Crippen LogP contribution in [0, 0.1) is 13.8 Å². The number of halogens is 2. The highest BCUT2D eigenvalue weighted by molar-refractivity contribution is 7.80. The summed E-state index contributed by atoms with van der Waals surface area (Å²) in [6.07, 6.45) is 1.81. The third kappa shape index (κ3) is 4.83. The third-order valence-corrected chi connectivity index (χ3v) is 8.28. The van der Waals surface area contributed by atoms with Crippen LogP contribution in [-0.4, -0.2) is 14.7 Å². The highest BCUT2D eigenvalue weighted by atomic mass is 35.5. The molecule has 0 unspecified atom stereocenters. The second kappa shape index (κ2) is 11.0. The molecule has 0 saturated carbocycles. The summed E-state index contributed by atoms with van der Waals surface area (Å²) < 4.78 is 8.18. The van der Waals surface area contributed by atoms with E-state index in [1.54, 1.807) is 6.07 Å². The van der Waals surface area contributed by atoms with Crippen molar-refractivity contribution in [3.05, 3.63) is 136 Å². The van der Waals surface area contributed by atoms with E-state index in [9.17, 15) is 0 Å². The molecule has 5 nitrogen and oxygen atoms in total. The molecule has 2 atom stereocenters. The fourth-order valence-electron chi connectivity index (χ4n) is 5.37. The summed E-state index contributed by atoms with van der Waals surface area (Å²) in [5.41, 5.74) is 5.90. The predicted molar refractivity (Wildman–Crippen MR) is 166 cm³/mol. The first-order valence-electron chi connectivity index (χ1n) is 12.9. The van der Waals surface area contributed by atoms with Gasteiger partial charge in [-0.2, -0.15) is 0 Å². The number of thiocarbonyl (C=S) groups is 1. The molecule has 0 radical (unpaired) electrons. The topological polar surface area (TPSA) is 42.3 Å². The smallest absolute Gasteiger partial charge is 0.174 e. The van der Waals surface area contributed by atoms with E-state index in [1.807, 2.05) is 91.1 Å². The molecule has 0 aliphatic carbocycles. The molecule has 1 N–H and O–H groups in total. The van der Waals surface area contributed by atoms with Gasteiger partial charge in [0.05, 0.1) is 33.5 Å². The second-order valence-corrected chi connectivity index (χ2v) is 10.8. The molecular formula is C32H26Cl2N4OS. The number of nitrogens with one attached hydrogen (secondary N) is 1. The van der Waals surface area contributed by atoms with Crippen molar-refractivity contribution in [1.82, 2.24) is 14.9 Å². The molecule has 5 aromatic rings. The molecule has 0 bridgehead atoms. The van der Waals surface area contributed by atoms with Crippen molar-refractivity contribution in [2.45, 2.75) is 25.9 Å². The molecule has 0 amide bonds. The maximum Gasteiger partial charge on any atom is 0.174 e. The number of anilines is 1. The van der Waals surface area contributed by atoms with Crippen LogP contribution in [0.15, 0.2) is 103 Å². The minimum atomic E-state index is -0.169. The molecule has 6 rings (SSSR count). The number of pyridine rings is 1. The minimum absolute atomic E-state index is 0.166. The zero-order valence-corrected chi connectivity index (χ0v) is 24.2. The zero-order valence-electron chi connectivity index (χ0n) is 21.9. The fraction of sp³-hybridized carbons (Fsp3) is 0.125. The highest BCUT2D eigenvalue weighted by Crippen LogP contribution is 2.44. The van der Waals surface area contributed by atoms with Gasteiger partial charge in [0.1, 0.15) is 11.5 Å². The number of benzene rings is 3. The Hall–Kier alpha value is -3.84. The van der Waals surface area contributed by atoms with E-state index in [-0.39, 0.29) is 12.1 Å². The Morgan fingerprint density at radius 1 is 0.850 bits per heavy atom. The van der Waals surface area contributed by atoms with E-state index < -0.39 is 0 Å². The summed E-state index contributed by atoms with van der Waals surface area (Å²) >= 11 is 19.0. The number of rotatable bonds is 6. The summed E-state index contributed by atoms with van der Waals surface area (Å²) in [6.45, 7) is 4.18. The lowest BCUT2D eigenvalue weighted by Crippen LogP contribution is -2.29. The molecule has 200 valence electrons. The number of aromatic nitrogens is 2. The van der Waals surface area contributed by atoms with Crippen molar-refractivity contribution >= 4 is 46.2 Å². The van der Waals surface area contributed by atoms with Crippen LogP contribution in [0.1, 0.15) is 34.7 Å². The monoisotopic (exact) mass is 584 g/mol. The lowest BCUT2D eigenvalue weighted by Gasteiger charge is -2.28. The van der Waals surface area contributed by atoms with Crippen molar-refractivity contribution in [3.8, 4) is 17.2 Å². The van der Waals surface area contributed by atoms with Crippen LogP contribution in [-0.2, 0) is 0 Å². The first-order valence-corrected chi connectivity index (χ1v) is 14.1. The maximum atomic E-state index is 6.67. The maximum absolute atomic E-state index is 6.67. The SMILES string of the molecule is Cc1cc([C@@H]2[C@@H](c3ccccn3)NC(=S)N2c2ccc(Oc3ccccc3)cc2)c(C)n1-c1cccc(Cl)c1Cl. The number of hydrogen-bond donors (Lipinski definition) is 1. The summed E-state index contributed by atoms with van der Waals surface area (Å²) in [4.78, 5) is 6.85. The molecule has 1 saturated heterocycles. The van der Waals surface area contributed by atoms with Crippen LogP contribution in [0.3, 0.4) is 0 Å². The number of aryl methyl sites for hydroxylation is 1. The van der Waals surface area contributed by atoms with Gasteiger partial charge < -0.3 is 19.5 Å². The first-order chi connectivity index (χ1) is 19.4. The van der Waals surface area contributed by atoms with Crippen LogP contribution in [0.5, 0.6) is 11.5 Å². The van der Waals surface area contributed by atoms with Gasteiger partial charge in [0, 0.05) is 23.3 Å². The average molecular weight is 586 g/mol. The summed E-state index contributed by atoms with van der Waals surface area (Å²) in [6, 6.07) is 31.2. The molecule has 8 heteroatoms. The molecule has 1 aliphatic rings. The Kier molecular flexibility index (Phi) is 7.24. The fourth-order valence-corrected chi connectivity index (χ4v) is 6.10. The van der Waals surface area contributed by atoms with Gasteiger partial charge in [-0.1, -0.05) is 53.5 Å². The molecule has 1 fully saturated rings. The van der Waals surface area contributed by atoms with Gasteiger partial charge >= 0.3 is 0 Å². The molecule has 40 heavy (non-hydrogen) atoms. The quantitative estimate of drug-likeness (QED) is 0.202. The third-order valence-electron chi connectivity index (χ3n) is 7.15. The van der Waals surface area contributed by atoms with Gasteiger partial charge in [-0.15, -0.1) is 0 Å². The molecule has 3 heterocycles. The van der Waals surface area contributed by atoms with E-state index >= 15 is 0 Å². The van der Waals surface area contributed by atoms with Crippen molar-refractivity contribution in [2.75, 3.05) is 4.90 Å². The van der Waals surface area contributed by atoms with Crippen LogP contribution < -0.4 is 15.0 Å². The van der Waals surface area contributed by atoms with Crippen molar-refractivity contribution in [2.24, 2.45) is 0 Å². The van der Waals surface area contributed by atoms with E-state index in [0.717, 1.165) is 45.5 Å². The lowest BCUT2D eigenvalue weighted by atomic mass is 9.96. The Labute approximate surface area is 249 Å².